The summed E-state index contributed by atoms with van der Waals surface area (Å²) in [6.45, 7) is 2.77. The molecule has 5 nitrogen and oxygen atoms in total. The maximum Gasteiger partial charge on any atom is 0.335 e. The second-order valence-corrected chi connectivity index (χ2v) is 7.32. The number of carbonyl (C=O) groups is 2. The fourth-order valence-electron chi connectivity index (χ4n) is 3.22. The number of piperidine rings is 1. The maximum atomic E-state index is 12.7. The summed E-state index contributed by atoms with van der Waals surface area (Å²) < 4.78 is 0. The van der Waals surface area contributed by atoms with Gasteiger partial charge in [0, 0.05) is 24.0 Å². The highest BCUT2D eigenvalue weighted by atomic mass is 32.1. The third-order valence-corrected chi connectivity index (χ3v) is 5.64. The topological polar surface area (TPSA) is 70.5 Å². The first kappa shape index (κ1) is 17.6. The van der Waals surface area contributed by atoms with E-state index < -0.39 is 5.97 Å². The van der Waals surface area contributed by atoms with Crippen molar-refractivity contribution in [1.29, 1.82) is 0 Å². The predicted molar refractivity (Wildman–Crippen MR) is 96.9 cm³/mol. The zero-order valence-electron chi connectivity index (χ0n) is 14.3. The molecule has 1 amide bonds. The van der Waals surface area contributed by atoms with Crippen LogP contribution in [-0.4, -0.2) is 33.4 Å². The van der Waals surface area contributed by atoms with Gasteiger partial charge < -0.3 is 10.0 Å². The Morgan fingerprint density at radius 3 is 2.68 bits per heavy atom. The molecule has 3 rings (SSSR count). The van der Waals surface area contributed by atoms with Crippen molar-refractivity contribution in [3.63, 3.8) is 0 Å². The number of aromatic carboxylic acids is 1. The minimum absolute atomic E-state index is 0.106. The minimum Gasteiger partial charge on any atom is -0.478 e. The smallest absolute Gasteiger partial charge is 0.335 e. The van der Waals surface area contributed by atoms with Gasteiger partial charge >= 0.3 is 5.97 Å². The Bertz CT molecular complexity index is 754. The first-order valence-electron chi connectivity index (χ1n) is 8.58. The monoisotopic (exact) mass is 358 g/mol. The lowest BCUT2D eigenvalue weighted by Gasteiger charge is -2.34. The van der Waals surface area contributed by atoms with Crippen molar-refractivity contribution < 1.29 is 14.7 Å². The number of thiazole rings is 1. The number of aryl methyl sites for hydroxylation is 2. The number of likely N-dealkylation sites (tertiary alicyclic amines) is 1. The van der Waals surface area contributed by atoms with Gasteiger partial charge in [-0.2, -0.15) is 0 Å². The molecule has 25 heavy (non-hydrogen) atoms. The van der Waals surface area contributed by atoms with Gasteiger partial charge in [0.15, 0.2) is 0 Å². The molecule has 1 aromatic carbocycles. The summed E-state index contributed by atoms with van der Waals surface area (Å²) in [4.78, 5) is 30.2. The molecule has 0 spiro atoms. The van der Waals surface area contributed by atoms with E-state index in [2.05, 4.69) is 4.98 Å². The Morgan fingerprint density at radius 2 is 2.04 bits per heavy atom. The van der Waals surface area contributed by atoms with Crippen molar-refractivity contribution in [1.82, 2.24) is 9.88 Å². The van der Waals surface area contributed by atoms with Crippen LogP contribution in [0.3, 0.4) is 0 Å². The van der Waals surface area contributed by atoms with Crippen LogP contribution in [0.25, 0.3) is 0 Å². The average Bonchev–Trinajstić information content (AvgIpc) is 3.06. The van der Waals surface area contributed by atoms with Gasteiger partial charge in [-0.3, -0.25) is 4.79 Å². The van der Waals surface area contributed by atoms with Crippen LogP contribution in [0.1, 0.15) is 58.3 Å². The van der Waals surface area contributed by atoms with Crippen molar-refractivity contribution >= 4 is 23.2 Å². The van der Waals surface area contributed by atoms with Gasteiger partial charge in [-0.15, -0.1) is 11.3 Å². The Balaban J connectivity index is 1.63. The van der Waals surface area contributed by atoms with E-state index >= 15 is 0 Å². The molecule has 0 bridgehead atoms. The van der Waals surface area contributed by atoms with Crippen molar-refractivity contribution in [3.05, 3.63) is 51.5 Å². The SMILES string of the molecule is Cc1csc(C2CCCCN2C(=O)CCc2ccc(C(=O)O)cc2)n1. The van der Waals surface area contributed by atoms with E-state index in [4.69, 9.17) is 5.11 Å². The van der Waals surface area contributed by atoms with E-state index in [1.54, 1.807) is 35.6 Å². The Kier molecular flexibility index (Phi) is 5.48. The van der Waals surface area contributed by atoms with Crippen LogP contribution >= 0.6 is 11.3 Å². The maximum absolute atomic E-state index is 12.7. The molecule has 1 unspecified atom stereocenters. The molecule has 2 aromatic rings. The summed E-state index contributed by atoms with van der Waals surface area (Å²) in [7, 11) is 0. The van der Waals surface area contributed by atoms with Crippen LogP contribution in [0.5, 0.6) is 0 Å². The third kappa shape index (κ3) is 4.25. The van der Waals surface area contributed by atoms with Crippen LogP contribution < -0.4 is 0 Å². The van der Waals surface area contributed by atoms with Gasteiger partial charge in [0.2, 0.25) is 5.91 Å². The number of amides is 1. The molecular formula is C19H22N2O3S. The van der Waals surface area contributed by atoms with Gasteiger partial charge in [-0.05, 0) is 50.3 Å². The number of carboxylic acids is 1. The number of hydrogen-bond donors (Lipinski definition) is 1. The van der Waals surface area contributed by atoms with Crippen molar-refractivity contribution in [2.45, 2.75) is 45.1 Å². The summed E-state index contributed by atoms with van der Waals surface area (Å²) in [5.74, 6) is -0.780. The van der Waals surface area contributed by atoms with Gasteiger partial charge in [0.1, 0.15) is 5.01 Å². The van der Waals surface area contributed by atoms with Gasteiger partial charge in [-0.25, -0.2) is 9.78 Å². The number of nitrogens with zero attached hydrogens (tertiary/aromatic N) is 2. The molecular weight excluding hydrogens is 336 g/mol. The van der Waals surface area contributed by atoms with Gasteiger partial charge in [-0.1, -0.05) is 12.1 Å². The lowest BCUT2D eigenvalue weighted by molar-refractivity contribution is -0.135. The molecule has 1 aliphatic heterocycles. The van der Waals surface area contributed by atoms with Crippen LogP contribution in [0.2, 0.25) is 0 Å². The second-order valence-electron chi connectivity index (χ2n) is 6.43. The summed E-state index contributed by atoms with van der Waals surface area (Å²) in [6.07, 6.45) is 4.21. The molecule has 1 N–H and O–H groups in total. The quantitative estimate of drug-likeness (QED) is 0.882. The third-order valence-electron chi connectivity index (χ3n) is 4.57. The average molecular weight is 358 g/mol. The molecule has 2 heterocycles. The van der Waals surface area contributed by atoms with Crippen molar-refractivity contribution in [2.75, 3.05) is 6.54 Å². The van der Waals surface area contributed by atoms with E-state index in [-0.39, 0.29) is 17.5 Å². The summed E-state index contributed by atoms with van der Waals surface area (Å²) in [6, 6.07) is 6.85. The van der Waals surface area contributed by atoms with Gasteiger partial charge in [0.05, 0.1) is 11.6 Å². The van der Waals surface area contributed by atoms with Crippen LogP contribution in [0, 0.1) is 6.92 Å². The highest BCUT2D eigenvalue weighted by Crippen LogP contribution is 2.33. The normalized spacial score (nSPS) is 17.5. The van der Waals surface area contributed by atoms with Crippen molar-refractivity contribution in [2.24, 2.45) is 0 Å². The van der Waals surface area contributed by atoms with Crippen molar-refractivity contribution in [3.8, 4) is 0 Å². The molecule has 0 radical (unpaired) electrons. The van der Waals surface area contributed by atoms with E-state index in [0.717, 1.165) is 42.1 Å². The fraction of sp³-hybridized carbons (Fsp3) is 0.421. The lowest BCUT2D eigenvalue weighted by atomic mass is 10.0. The lowest BCUT2D eigenvalue weighted by Crippen LogP contribution is -2.38. The summed E-state index contributed by atoms with van der Waals surface area (Å²) in [5.41, 5.74) is 2.26. The molecule has 0 aliphatic carbocycles. The number of rotatable bonds is 5. The number of benzene rings is 1. The first-order valence-corrected chi connectivity index (χ1v) is 9.46. The van der Waals surface area contributed by atoms with Crippen LogP contribution in [0.4, 0.5) is 0 Å². The highest BCUT2D eigenvalue weighted by Gasteiger charge is 2.29. The largest absolute Gasteiger partial charge is 0.478 e. The Hall–Kier alpha value is -2.21. The molecule has 0 saturated carbocycles. The zero-order chi connectivity index (χ0) is 17.8. The molecule has 6 heteroatoms. The molecule has 1 fully saturated rings. The minimum atomic E-state index is -0.933. The molecule has 1 aliphatic rings. The standard InChI is InChI=1S/C19H22N2O3S/c1-13-12-25-18(20-13)16-4-2-3-11-21(16)17(22)10-7-14-5-8-15(9-6-14)19(23)24/h5-6,8-9,12,16H,2-4,7,10-11H2,1H3,(H,23,24). The van der Waals surface area contributed by atoms with Gasteiger partial charge in [0.25, 0.3) is 0 Å². The Labute approximate surface area is 151 Å². The Morgan fingerprint density at radius 1 is 1.28 bits per heavy atom. The highest BCUT2D eigenvalue weighted by molar-refractivity contribution is 7.09. The fourth-order valence-corrected chi connectivity index (χ4v) is 4.16. The molecule has 1 aromatic heterocycles. The number of carbonyl (C=O) groups excluding carboxylic acids is 1. The van der Waals surface area contributed by atoms with E-state index in [1.165, 1.54) is 0 Å². The predicted octanol–water partition coefficient (Wildman–Crippen LogP) is 3.84. The summed E-state index contributed by atoms with van der Waals surface area (Å²) >= 11 is 1.64. The van der Waals surface area contributed by atoms with E-state index in [9.17, 15) is 9.59 Å². The van der Waals surface area contributed by atoms with E-state index in [0.29, 0.717) is 12.8 Å². The molecule has 132 valence electrons. The molecule has 1 atom stereocenters. The molecule has 1 saturated heterocycles. The number of hydrogen-bond acceptors (Lipinski definition) is 4. The van der Waals surface area contributed by atoms with Crippen LogP contribution in [0.15, 0.2) is 29.6 Å². The van der Waals surface area contributed by atoms with E-state index in [1.807, 2.05) is 17.2 Å². The second kappa shape index (κ2) is 7.78. The van der Waals surface area contributed by atoms with Crippen LogP contribution in [-0.2, 0) is 11.2 Å². The number of carboxylic acid groups (broad SMARTS) is 1. The first-order chi connectivity index (χ1) is 12.0. The summed E-state index contributed by atoms with van der Waals surface area (Å²) in [5, 5.41) is 12.0. The number of aromatic nitrogens is 1. The zero-order valence-corrected chi connectivity index (χ0v) is 15.1.